The van der Waals surface area contributed by atoms with E-state index in [1.165, 1.54) is 18.9 Å². The third-order valence-electron chi connectivity index (χ3n) is 2.19. The van der Waals surface area contributed by atoms with Crippen LogP contribution in [-0.4, -0.2) is 42.5 Å². The number of ether oxygens (including phenoxy) is 1. The molecule has 1 rings (SSSR count). The lowest BCUT2D eigenvalue weighted by Crippen LogP contribution is -2.44. The number of carbonyl (C=O) groups excluding carboxylic acids is 2. The van der Waals surface area contributed by atoms with Crippen molar-refractivity contribution in [1.82, 2.24) is 5.32 Å². The molecule has 104 valence electrons. The number of carbonyl (C=O) groups is 2. The second kappa shape index (κ2) is 8.19. The molecule has 0 heterocycles. The van der Waals surface area contributed by atoms with Crippen LogP contribution >= 0.6 is 27.7 Å². The van der Waals surface area contributed by atoms with E-state index < -0.39 is 18.6 Å². The maximum Gasteiger partial charge on any atom is 0.330 e. The van der Waals surface area contributed by atoms with Crippen molar-refractivity contribution in [1.29, 1.82) is 0 Å². The molecule has 0 saturated heterocycles. The van der Waals surface area contributed by atoms with Crippen molar-refractivity contribution in [3.05, 3.63) is 28.7 Å². The van der Waals surface area contributed by atoms with Gasteiger partial charge >= 0.3 is 5.97 Å². The number of halogens is 1. The van der Waals surface area contributed by atoms with Crippen LogP contribution in [0.5, 0.6) is 0 Å². The van der Waals surface area contributed by atoms with Crippen molar-refractivity contribution < 1.29 is 19.4 Å². The van der Waals surface area contributed by atoms with Gasteiger partial charge in [0, 0.05) is 9.37 Å². The van der Waals surface area contributed by atoms with Crippen LogP contribution in [0.4, 0.5) is 0 Å². The Morgan fingerprint density at radius 1 is 1.42 bits per heavy atom. The van der Waals surface area contributed by atoms with E-state index in [-0.39, 0.29) is 11.7 Å². The van der Waals surface area contributed by atoms with E-state index >= 15 is 0 Å². The van der Waals surface area contributed by atoms with Gasteiger partial charge < -0.3 is 15.2 Å². The Morgan fingerprint density at radius 3 is 2.58 bits per heavy atom. The van der Waals surface area contributed by atoms with Gasteiger partial charge in [0.05, 0.1) is 19.5 Å². The fraction of sp³-hybridized carbons (Fsp3) is 0.333. The minimum absolute atomic E-state index is 0.162. The highest BCUT2D eigenvalue weighted by Crippen LogP contribution is 2.20. The Hall–Kier alpha value is -1.05. The van der Waals surface area contributed by atoms with Crippen LogP contribution in [0.3, 0.4) is 0 Å². The molecule has 0 unspecified atom stereocenters. The number of nitrogens with one attached hydrogen (secondary N) is 1. The SMILES string of the molecule is COC(=O)[C@H](CO)NC(=O)CSc1ccc(Br)cc1. The number of aliphatic hydroxyl groups is 1. The predicted molar refractivity (Wildman–Crippen MR) is 75.9 cm³/mol. The zero-order valence-corrected chi connectivity index (χ0v) is 12.7. The number of amides is 1. The smallest absolute Gasteiger partial charge is 0.330 e. The molecule has 1 atom stereocenters. The zero-order valence-electron chi connectivity index (χ0n) is 10.3. The van der Waals surface area contributed by atoms with Gasteiger partial charge in [0.1, 0.15) is 0 Å². The highest BCUT2D eigenvalue weighted by atomic mass is 79.9. The van der Waals surface area contributed by atoms with Crippen molar-refractivity contribution in [3.8, 4) is 0 Å². The summed E-state index contributed by atoms with van der Waals surface area (Å²) in [5, 5.41) is 11.4. The van der Waals surface area contributed by atoms with Gasteiger partial charge in [-0.3, -0.25) is 4.79 Å². The fourth-order valence-corrected chi connectivity index (χ4v) is 2.21. The summed E-state index contributed by atoms with van der Waals surface area (Å²) in [4.78, 5) is 23.7. The topological polar surface area (TPSA) is 75.6 Å². The second-order valence-corrected chi connectivity index (χ2v) is 5.53. The van der Waals surface area contributed by atoms with Gasteiger partial charge in [0.2, 0.25) is 5.91 Å². The fourth-order valence-electron chi connectivity index (χ4n) is 1.24. The molecule has 19 heavy (non-hydrogen) atoms. The quantitative estimate of drug-likeness (QED) is 0.597. The molecule has 0 fully saturated rings. The number of methoxy groups -OCH3 is 1. The number of esters is 1. The Balaban J connectivity index is 2.42. The number of rotatable bonds is 6. The molecule has 0 aromatic heterocycles. The van der Waals surface area contributed by atoms with Crippen LogP contribution < -0.4 is 5.32 Å². The Morgan fingerprint density at radius 2 is 2.05 bits per heavy atom. The van der Waals surface area contributed by atoms with Crippen molar-refractivity contribution in [3.63, 3.8) is 0 Å². The van der Waals surface area contributed by atoms with E-state index in [4.69, 9.17) is 5.11 Å². The molecule has 0 spiro atoms. The molecule has 5 nitrogen and oxygen atoms in total. The third kappa shape index (κ3) is 5.63. The van der Waals surface area contributed by atoms with Gasteiger partial charge in [-0.25, -0.2) is 4.79 Å². The Kier molecular flexibility index (Phi) is 6.90. The Labute approximate surface area is 123 Å². The van der Waals surface area contributed by atoms with Gasteiger partial charge in [-0.1, -0.05) is 15.9 Å². The number of hydrogen-bond donors (Lipinski definition) is 2. The average Bonchev–Trinajstić information content (AvgIpc) is 2.43. The zero-order chi connectivity index (χ0) is 14.3. The van der Waals surface area contributed by atoms with Crippen molar-refractivity contribution in [2.45, 2.75) is 10.9 Å². The molecule has 0 saturated carbocycles. The largest absolute Gasteiger partial charge is 0.467 e. The summed E-state index contributed by atoms with van der Waals surface area (Å²) in [5.74, 6) is -0.836. The molecule has 2 N–H and O–H groups in total. The summed E-state index contributed by atoms with van der Waals surface area (Å²) in [5.41, 5.74) is 0. The van der Waals surface area contributed by atoms with E-state index in [1.807, 2.05) is 24.3 Å². The predicted octanol–water partition coefficient (Wildman–Crippen LogP) is 1.19. The molecule has 1 aromatic carbocycles. The number of aliphatic hydroxyl groups excluding tert-OH is 1. The van der Waals surface area contributed by atoms with Crippen LogP contribution in [0, 0.1) is 0 Å². The van der Waals surface area contributed by atoms with Gasteiger partial charge in [-0.05, 0) is 24.3 Å². The van der Waals surface area contributed by atoms with E-state index in [9.17, 15) is 9.59 Å². The summed E-state index contributed by atoms with van der Waals surface area (Å²) < 4.78 is 5.42. The molecule has 0 aliphatic carbocycles. The number of benzene rings is 1. The first-order chi connectivity index (χ1) is 9.06. The van der Waals surface area contributed by atoms with Gasteiger partial charge in [0.15, 0.2) is 6.04 Å². The molecular formula is C12H14BrNO4S. The summed E-state index contributed by atoms with van der Waals surface area (Å²) >= 11 is 4.67. The lowest BCUT2D eigenvalue weighted by molar-refractivity contribution is -0.145. The lowest BCUT2D eigenvalue weighted by atomic mass is 10.3. The van der Waals surface area contributed by atoms with Crippen molar-refractivity contribution in [2.75, 3.05) is 19.5 Å². The first kappa shape index (κ1) is 16.0. The summed E-state index contributed by atoms with van der Waals surface area (Å²) in [7, 11) is 1.20. The van der Waals surface area contributed by atoms with Crippen LogP contribution in [0.1, 0.15) is 0 Å². The summed E-state index contributed by atoms with van der Waals surface area (Å²) in [6, 6.07) is 6.51. The summed E-state index contributed by atoms with van der Waals surface area (Å²) in [6.45, 7) is -0.485. The first-order valence-electron chi connectivity index (χ1n) is 5.43. The van der Waals surface area contributed by atoms with E-state index in [1.54, 1.807) is 0 Å². The normalized spacial score (nSPS) is 11.7. The minimum Gasteiger partial charge on any atom is -0.467 e. The van der Waals surface area contributed by atoms with Gasteiger partial charge in [-0.2, -0.15) is 0 Å². The molecule has 0 aliphatic heterocycles. The molecule has 1 aromatic rings. The standard InChI is InChI=1S/C12H14BrNO4S/c1-18-12(17)10(6-15)14-11(16)7-19-9-4-2-8(13)3-5-9/h2-5,10,15H,6-7H2,1H3,(H,14,16)/t10-/m0/s1. The van der Waals surface area contributed by atoms with Crippen molar-refractivity contribution in [2.24, 2.45) is 0 Å². The summed E-state index contributed by atoms with van der Waals surface area (Å²) in [6.07, 6.45) is 0. The van der Waals surface area contributed by atoms with E-state index in [0.717, 1.165) is 9.37 Å². The van der Waals surface area contributed by atoms with E-state index in [2.05, 4.69) is 26.0 Å². The average molecular weight is 348 g/mol. The Bertz CT molecular complexity index is 438. The minimum atomic E-state index is -1.01. The van der Waals surface area contributed by atoms with Crippen LogP contribution in [0.2, 0.25) is 0 Å². The van der Waals surface area contributed by atoms with Crippen molar-refractivity contribution >= 4 is 39.6 Å². The van der Waals surface area contributed by atoms with Crippen LogP contribution in [0.25, 0.3) is 0 Å². The number of thioether (sulfide) groups is 1. The maximum absolute atomic E-state index is 11.6. The highest BCUT2D eigenvalue weighted by molar-refractivity contribution is 9.10. The van der Waals surface area contributed by atoms with E-state index in [0.29, 0.717) is 0 Å². The van der Waals surface area contributed by atoms with Gasteiger partial charge in [0.25, 0.3) is 0 Å². The third-order valence-corrected chi connectivity index (χ3v) is 3.73. The van der Waals surface area contributed by atoms with Crippen LogP contribution in [0.15, 0.2) is 33.6 Å². The molecular weight excluding hydrogens is 334 g/mol. The maximum atomic E-state index is 11.6. The monoisotopic (exact) mass is 347 g/mol. The molecule has 7 heteroatoms. The number of hydrogen-bond acceptors (Lipinski definition) is 5. The lowest BCUT2D eigenvalue weighted by Gasteiger charge is -2.13. The molecule has 0 radical (unpaired) electrons. The molecule has 1 amide bonds. The second-order valence-electron chi connectivity index (χ2n) is 3.57. The molecule has 0 aliphatic rings. The first-order valence-corrected chi connectivity index (χ1v) is 7.21. The van der Waals surface area contributed by atoms with Gasteiger partial charge in [-0.15, -0.1) is 11.8 Å². The van der Waals surface area contributed by atoms with Crippen LogP contribution in [-0.2, 0) is 14.3 Å². The molecule has 0 bridgehead atoms. The highest BCUT2D eigenvalue weighted by Gasteiger charge is 2.20.